The summed E-state index contributed by atoms with van der Waals surface area (Å²) in [7, 11) is 0. The van der Waals surface area contributed by atoms with Crippen LogP contribution in [0.3, 0.4) is 0 Å². The number of hydrogen-bond donors (Lipinski definition) is 1. The van der Waals surface area contributed by atoms with Crippen molar-refractivity contribution in [1.29, 1.82) is 0 Å². The Hall–Kier alpha value is -0.950. The van der Waals surface area contributed by atoms with Crippen LogP contribution in [0.25, 0.3) is 0 Å². The second kappa shape index (κ2) is 9.67. The molecule has 2 aliphatic rings. The van der Waals surface area contributed by atoms with Crippen LogP contribution in [0.2, 0.25) is 0 Å². The van der Waals surface area contributed by atoms with Gasteiger partial charge in [0.25, 0.3) is 0 Å². The third kappa shape index (κ3) is 6.06. The largest absolute Gasteiger partial charge is 0.379 e. The van der Waals surface area contributed by atoms with E-state index in [2.05, 4.69) is 55.3 Å². The lowest BCUT2D eigenvalue weighted by atomic mass is 9.95. The molecule has 25 heavy (non-hydrogen) atoms. The minimum absolute atomic E-state index is 0.172. The molecule has 138 valence electrons. The molecule has 2 saturated heterocycles. The van der Waals surface area contributed by atoms with Gasteiger partial charge in [-0.25, -0.2) is 0 Å². The topological polar surface area (TPSA) is 44.8 Å². The fraction of sp³-hybridized carbons (Fsp3) is 0.632. The van der Waals surface area contributed by atoms with Crippen LogP contribution in [0.15, 0.2) is 28.7 Å². The van der Waals surface area contributed by atoms with Crippen molar-refractivity contribution in [2.45, 2.75) is 19.4 Å². The number of morpholine rings is 1. The molecule has 0 bridgehead atoms. The number of carbonyl (C=O) groups is 1. The van der Waals surface area contributed by atoms with Crippen molar-refractivity contribution >= 4 is 21.8 Å². The highest BCUT2D eigenvalue weighted by atomic mass is 79.9. The van der Waals surface area contributed by atoms with E-state index in [1.807, 2.05) is 0 Å². The quantitative estimate of drug-likeness (QED) is 0.781. The Morgan fingerprint density at radius 1 is 1.08 bits per heavy atom. The molecule has 3 rings (SSSR count). The molecule has 0 radical (unpaired) electrons. The van der Waals surface area contributed by atoms with Crippen LogP contribution in [-0.4, -0.2) is 68.2 Å². The van der Waals surface area contributed by atoms with Crippen molar-refractivity contribution in [2.75, 3.05) is 52.5 Å². The lowest BCUT2D eigenvalue weighted by molar-refractivity contribution is -0.126. The molecular weight excluding hydrogens is 382 g/mol. The lowest BCUT2D eigenvalue weighted by Crippen LogP contribution is -2.44. The van der Waals surface area contributed by atoms with Gasteiger partial charge < -0.3 is 10.1 Å². The van der Waals surface area contributed by atoms with E-state index in [1.165, 1.54) is 5.56 Å². The summed E-state index contributed by atoms with van der Waals surface area (Å²) in [5, 5.41) is 3.13. The van der Waals surface area contributed by atoms with Crippen LogP contribution in [0, 0.1) is 5.92 Å². The number of likely N-dealkylation sites (tertiary alicyclic amines) is 1. The van der Waals surface area contributed by atoms with Crippen LogP contribution in [0.4, 0.5) is 0 Å². The zero-order valence-electron chi connectivity index (χ0n) is 14.8. The van der Waals surface area contributed by atoms with E-state index in [1.54, 1.807) is 0 Å². The maximum atomic E-state index is 12.4. The highest BCUT2D eigenvalue weighted by Crippen LogP contribution is 2.20. The number of rotatable bonds is 6. The molecule has 1 amide bonds. The minimum atomic E-state index is 0.172. The first kappa shape index (κ1) is 18.8. The lowest BCUT2D eigenvalue weighted by Gasteiger charge is -2.31. The van der Waals surface area contributed by atoms with Gasteiger partial charge in [-0.3, -0.25) is 14.6 Å². The van der Waals surface area contributed by atoms with Crippen LogP contribution >= 0.6 is 15.9 Å². The average Bonchev–Trinajstić information content (AvgIpc) is 2.65. The standard InChI is InChI=1S/C19H28BrN3O2/c20-18-3-1-16(2-4-18)15-23-8-5-17(6-9-23)19(24)21-7-10-22-11-13-25-14-12-22/h1-4,17H,5-15H2,(H,21,24). The molecule has 0 atom stereocenters. The normalized spacial score (nSPS) is 20.5. The summed E-state index contributed by atoms with van der Waals surface area (Å²) in [4.78, 5) is 17.2. The van der Waals surface area contributed by atoms with Gasteiger partial charge in [0.1, 0.15) is 0 Å². The number of nitrogens with one attached hydrogen (secondary N) is 1. The third-order valence-corrected chi connectivity index (χ3v) is 5.64. The van der Waals surface area contributed by atoms with E-state index in [4.69, 9.17) is 4.74 Å². The third-order valence-electron chi connectivity index (χ3n) is 5.11. The van der Waals surface area contributed by atoms with E-state index in [0.717, 1.165) is 76.3 Å². The van der Waals surface area contributed by atoms with Crippen LogP contribution in [-0.2, 0) is 16.1 Å². The zero-order valence-corrected chi connectivity index (χ0v) is 16.3. The van der Waals surface area contributed by atoms with Gasteiger partial charge in [0, 0.05) is 43.1 Å². The van der Waals surface area contributed by atoms with E-state index in [-0.39, 0.29) is 11.8 Å². The maximum Gasteiger partial charge on any atom is 0.223 e. The molecule has 1 aromatic rings. The summed E-state index contributed by atoms with van der Waals surface area (Å²) < 4.78 is 6.46. The first-order valence-corrected chi connectivity index (χ1v) is 10.0. The number of carbonyl (C=O) groups excluding carboxylic acids is 1. The van der Waals surface area contributed by atoms with E-state index in [9.17, 15) is 4.79 Å². The average molecular weight is 410 g/mol. The van der Waals surface area contributed by atoms with Crippen molar-refractivity contribution < 1.29 is 9.53 Å². The van der Waals surface area contributed by atoms with Gasteiger partial charge in [-0.2, -0.15) is 0 Å². The van der Waals surface area contributed by atoms with Crippen molar-refractivity contribution in [3.8, 4) is 0 Å². The van der Waals surface area contributed by atoms with Gasteiger partial charge in [-0.15, -0.1) is 0 Å². The molecule has 1 N–H and O–H groups in total. The summed E-state index contributed by atoms with van der Waals surface area (Å²) in [6, 6.07) is 8.50. The summed E-state index contributed by atoms with van der Waals surface area (Å²) in [5.41, 5.74) is 1.33. The van der Waals surface area contributed by atoms with Gasteiger partial charge in [0.2, 0.25) is 5.91 Å². The number of amides is 1. The number of benzene rings is 1. The maximum absolute atomic E-state index is 12.4. The smallest absolute Gasteiger partial charge is 0.223 e. The fourth-order valence-electron chi connectivity index (χ4n) is 3.51. The minimum Gasteiger partial charge on any atom is -0.379 e. The van der Waals surface area contributed by atoms with Crippen LogP contribution in [0.1, 0.15) is 18.4 Å². The SMILES string of the molecule is O=C(NCCN1CCOCC1)C1CCN(Cc2ccc(Br)cc2)CC1. The molecule has 0 aromatic heterocycles. The van der Waals surface area contributed by atoms with Gasteiger partial charge in [0.15, 0.2) is 0 Å². The Labute approximate surface area is 158 Å². The van der Waals surface area contributed by atoms with Crippen LogP contribution in [0.5, 0.6) is 0 Å². The van der Waals surface area contributed by atoms with Crippen LogP contribution < -0.4 is 5.32 Å². The second-order valence-electron chi connectivity index (χ2n) is 6.92. The molecule has 2 heterocycles. The molecule has 0 aliphatic carbocycles. The Kier molecular flexibility index (Phi) is 7.28. The molecule has 0 saturated carbocycles. The van der Waals surface area contributed by atoms with Crippen molar-refractivity contribution in [1.82, 2.24) is 15.1 Å². The van der Waals surface area contributed by atoms with Gasteiger partial charge in [0.05, 0.1) is 13.2 Å². The molecule has 2 aliphatic heterocycles. The molecule has 1 aromatic carbocycles. The summed E-state index contributed by atoms with van der Waals surface area (Å²) in [5.74, 6) is 0.405. The van der Waals surface area contributed by atoms with E-state index < -0.39 is 0 Å². The molecule has 5 nitrogen and oxygen atoms in total. The second-order valence-corrected chi connectivity index (χ2v) is 7.84. The molecule has 2 fully saturated rings. The number of halogens is 1. The summed E-state index contributed by atoms with van der Waals surface area (Å²) >= 11 is 3.47. The molecule has 0 unspecified atom stereocenters. The predicted octanol–water partition coefficient (Wildman–Crippen LogP) is 2.11. The number of hydrogen-bond acceptors (Lipinski definition) is 4. The summed E-state index contributed by atoms with van der Waals surface area (Å²) in [6.07, 6.45) is 1.92. The highest BCUT2D eigenvalue weighted by Gasteiger charge is 2.24. The monoisotopic (exact) mass is 409 g/mol. The fourth-order valence-corrected chi connectivity index (χ4v) is 3.77. The van der Waals surface area contributed by atoms with Gasteiger partial charge in [-0.1, -0.05) is 28.1 Å². The van der Waals surface area contributed by atoms with Crippen molar-refractivity contribution in [2.24, 2.45) is 5.92 Å². The Morgan fingerprint density at radius 3 is 2.44 bits per heavy atom. The number of ether oxygens (including phenoxy) is 1. The first-order chi connectivity index (χ1) is 12.2. The first-order valence-electron chi connectivity index (χ1n) is 9.25. The zero-order chi connectivity index (χ0) is 17.5. The van der Waals surface area contributed by atoms with Gasteiger partial charge in [-0.05, 0) is 43.6 Å². The Morgan fingerprint density at radius 2 is 1.76 bits per heavy atom. The molecule has 0 spiro atoms. The Balaban J connectivity index is 1.33. The van der Waals surface area contributed by atoms with E-state index >= 15 is 0 Å². The van der Waals surface area contributed by atoms with E-state index in [0.29, 0.717) is 0 Å². The molecule has 6 heteroatoms. The molecular formula is C19H28BrN3O2. The summed E-state index contributed by atoms with van der Waals surface area (Å²) in [6.45, 7) is 8.22. The van der Waals surface area contributed by atoms with Crippen molar-refractivity contribution in [3.05, 3.63) is 34.3 Å². The van der Waals surface area contributed by atoms with Crippen molar-refractivity contribution in [3.63, 3.8) is 0 Å². The van der Waals surface area contributed by atoms with Gasteiger partial charge >= 0.3 is 0 Å². The number of nitrogens with zero attached hydrogens (tertiary/aromatic N) is 2. The number of piperidine rings is 1. The predicted molar refractivity (Wildman–Crippen MR) is 102 cm³/mol. The Bertz CT molecular complexity index is 538. The highest BCUT2D eigenvalue weighted by molar-refractivity contribution is 9.10.